The third kappa shape index (κ3) is 4.97. The first kappa shape index (κ1) is 22.7. The number of piperidine rings is 1. The van der Waals surface area contributed by atoms with E-state index in [0.29, 0.717) is 28.6 Å². The fourth-order valence-electron chi connectivity index (χ4n) is 4.29. The first-order valence-electron chi connectivity index (χ1n) is 11.8. The van der Waals surface area contributed by atoms with Crippen molar-refractivity contribution in [3.8, 4) is 0 Å². The summed E-state index contributed by atoms with van der Waals surface area (Å²) in [7, 11) is 0. The maximum Gasteiger partial charge on any atom is 0.276 e. The quantitative estimate of drug-likeness (QED) is 0.543. The van der Waals surface area contributed by atoms with E-state index in [1.807, 2.05) is 4.90 Å². The molecule has 2 aromatic carbocycles. The van der Waals surface area contributed by atoms with Crippen LogP contribution in [0, 0.1) is 0 Å². The number of para-hydroxylation sites is 1. The highest BCUT2D eigenvalue weighted by molar-refractivity contribution is 6.13. The number of unbranched alkanes of at least 4 members (excludes halogenated alkanes) is 2. The lowest BCUT2D eigenvalue weighted by atomic mass is 10.1. The van der Waals surface area contributed by atoms with Crippen LogP contribution in [0.4, 0.5) is 5.69 Å². The van der Waals surface area contributed by atoms with Crippen molar-refractivity contribution in [2.24, 2.45) is 0 Å². The van der Waals surface area contributed by atoms with Crippen LogP contribution >= 0.6 is 0 Å². The van der Waals surface area contributed by atoms with E-state index in [-0.39, 0.29) is 17.2 Å². The molecule has 1 aliphatic rings. The third-order valence-electron chi connectivity index (χ3n) is 6.11. The molecule has 3 aromatic rings. The van der Waals surface area contributed by atoms with Crippen molar-refractivity contribution >= 4 is 28.3 Å². The van der Waals surface area contributed by atoms with Gasteiger partial charge in [-0.1, -0.05) is 50.1 Å². The summed E-state index contributed by atoms with van der Waals surface area (Å²) in [5.41, 5.74) is 0.905. The third-order valence-corrected chi connectivity index (χ3v) is 6.11. The second-order valence-corrected chi connectivity index (χ2v) is 8.48. The highest BCUT2D eigenvalue weighted by atomic mass is 16.2. The Bertz CT molecular complexity index is 1210. The molecule has 0 radical (unpaired) electrons. The molecule has 0 aliphatic carbocycles. The number of hydrogen-bond donors (Lipinski definition) is 1. The standard InChI is InChI=1S/C26H30N4O3/c1-2-3-9-18-30-26(33)20-13-6-5-12-19(20)23(28-30)24(31)27-22-15-8-7-14-21(22)25(32)29-16-10-4-11-17-29/h5-8,12-15H,2-4,9-11,16-18H2,1H3,(H,27,31). The molecule has 1 aliphatic heterocycles. The van der Waals surface area contributed by atoms with Crippen molar-refractivity contribution < 1.29 is 9.59 Å². The Morgan fingerprint density at radius 3 is 2.39 bits per heavy atom. The number of aromatic nitrogens is 2. The second kappa shape index (κ2) is 10.4. The van der Waals surface area contributed by atoms with E-state index in [9.17, 15) is 14.4 Å². The Balaban J connectivity index is 1.67. The topological polar surface area (TPSA) is 84.3 Å². The van der Waals surface area contributed by atoms with E-state index in [1.165, 1.54) is 4.68 Å². The van der Waals surface area contributed by atoms with Gasteiger partial charge in [0, 0.05) is 25.0 Å². The van der Waals surface area contributed by atoms with Crippen molar-refractivity contribution in [2.45, 2.75) is 52.0 Å². The fourth-order valence-corrected chi connectivity index (χ4v) is 4.29. The van der Waals surface area contributed by atoms with Crippen LogP contribution in [0.1, 0.15) is 66.3 Å². The predicted molar refractivity (Wildman–Crippen MR) is 130 cm³/mol. The fraction of sp³-hybridized carbons (Fsp3) is 0.385. The number of rotatable bonds is 7. The number of nitrogens with zero attached hydrogens (tertiary/aromatic N) is 3. The van der Waals surface area contributed by atoms with Gasteiger partial charge >= 0.3 is 0 Å². The lowest BCUT2D eigenvalue weighted by molar-refractivity contribution is 0.0725. The molecule has 4 rings (SSSR count). The predicted octanol–water partition coefficient (Wildman–Crippen LogP) is 4.47. The van der Waals surface area contributed by atoms with Gasteiger partial charge in [-0.2, -0.15) is 5.10 Å². The van der Waals surface area contributed by atoms with Gasteiger partial charge in [0.15, 0.2) is 5.69 Å². The summed E-state index contributed by atoms with van der Waals surface area (Å²) in [5, 5.41) is 8.29. The average molecular weight is 447 g/mol. The van der Waals surface area contributed by atoms with Crippen molar-refractivity contribution in [3.05, 3.63) is 70.1 Å². The first-order chi connectivity index (χ1) is 16.1. The smallest absolute Gasteiger partial charge is 0.276 e. The van der Waals surface area contributed by atoms with Crippen molar-refractivity contribution in [1.29, 1.82) is 0 Å². The molecule has 1 N–H and O–H groups in total. The minimum atomic E-state index is -0.436. The molecule has 172 valence electrons. The highest BCUT2D eigenvalue weighted by Crippen LogP contribution is 2.22. The van der Waals surface area contributed by atoms with Gasteiger partial charge in [-0.05, 0) is 43.9 Å². The largest absolute Gasteiger partial charge is 0.339 e. The van der Waals surface area contributed by atoms with Gasteiger partial charge in [0.1, 0.15) is 0 Å². The summed E-state index contributed by atoms with van der Waals surface area (Å²) < 4.78 is 1.39. The lowest BCUT2D eigenvalue weighted by Crippen LogP contribution is -2.36. The molecule has 1 fully saturated rings. The molecular weight excluding hydrogens is 416 g/mol. The SMILES string of the molecule is CCCCCn1nc(C(=O)Nc2ccccc2C(=O)N2CCCCC2)c2ccccc2c1=O. The van der Waals surface area contributed by atoms with Gasteiger partial charge < -0.3 is 10.2 Å². The van der Waals surface area contributed by atoms with Crippen molar-refractivity contribution in [3.63, 3.8) is 0 Å². The molecule has 2 heterocycles. The Morgan fingerprint density at radius 1 is 0.939 bits per heavy atom. The maximum absolute atomic E-state index is 13.4. The molecule has 1 saturated heterocycles. The molecule has 0 unspecified atom stereocenters. The van der Waals surface area contributed by atoms with Crippen LogP contribution in [0.3, 0.4) is 0 Å². The van der Waals surface area contributed by atoms with Crippen molar-refractivity contribution in [2.75, 3.05) is 18.4 Å². The highest BCUT2D eigenvalue weighted by Gasteiger charge is 2.23. The molecule has 7 nitrogen and oxygen atoms in total. The van der Waals surface area contributed by atoms with E-state index in [0.717, 1.165) is 51.6 Å². The van der Waals surface area contributed by atoms with Gasteiger partial charge in [-0.25, -0.2) is 4.68 Å². The van der Waals surface area contributed by atoms with E-state index in [4.69, 9.17) is 0 Å². The minimum Gasteiger partial charge on any atom is -0.339 e. The van der Waals surface area contributed by atoms with Crippen molar-refractivity contribution in [1.82, 2.24) is 14.7 Å². The van der Waals surface area contributed by atoms with Gasteiger partial charge in [0.05, 0.1) is 16.6 Å². The summed E-state index contributed by atoms with van der Waals surface area (Å²) in [5.74, 6) is -0.512. The molecule has 33 heavy (non-hydrogen) atoms. The number of amides is 2. The van der Waals surface area contributed by atoms with E-state index < -0.39 is 5.91 Å². The number of anilines is 1. The van der Waals surface area contributed by atoms with Crippen LogP contribution in [-0.2, 0) is 6.54 Å². The minimum absolute atomic E-state index is 0.0760. The average Bonchev–Trinajstić information content (AvgIpc) is 2.86. The molecule has 0 saturated carbocycles. The number of nitrogens with one attached hydrogen (secondary N) is 1. The summed E-state index contributed by atoms with van der Waals surface area (Å²) >= 11 is 0. The number of carbonyl (C=O) groups excluding carboxylic acids is 2. The van der Waals surface area contributed by atoms with Crippen LogP contribution in [0.5, 0.6) is 0 Å². The number of likely N-dealkylation sites (tertiary alicyclic amines) is 1. The van der Waals surface area contributed by atoms with E-state index >= 15 is 0 Å². The Hall–Kier alpha value is -3.48. The van der Waals surface area contributed by atoms with Crippen LogP contribution in [0.2, 0.25) is 0 Å². The Labute approximate surface area is 193 Å². The number of fused-ring (bicyclic) bond motifs is 1. The van der Waals surface area contributed by atoms with Gasteiger partial charge in [-0.3, -0.25) is 14.4 Å². The van der Waals surface area contributed by atoms with Gasteiger partial charge in [0.2, 0.25) is 0 Å². The second-order valence-electron chi connectivity index (χ2n) is 8.48. The normalized spacial score (nSPS) is 13.8. The number of hydrogen-bond acceptors (Lipinski definition) is 4. The van der Waals surface area contributed by atoms with E-state index in [2.05, 4.69) is 17.3 Å². The van der Waals surface area contributed by atoms with Crippen LogP contribution in [-0.4, -0.2) is 39.6 Å². The molecule has 1 aromatic heterocycles. The zero-order valence-corrected chi connectivity index (χ0v) is 19.0. The van der Waals surface area contributed by atoms with Crippen LogP contribution in [0.25, 0.3) is 10.8 Å². The summed E-state index contributed by atoms with van der Waals surface area (Å²) in [6.45, 7) is 4.02. The molecule has 0 spiro atoms. The number of carbonyl (C=O) groups is 2. The number of aryl methyl sites for hydroxylation is 1. The monoisotopic (exact) mass is 446 g/mol. The molecule has 2 amide bonds. The van der Waals surface area contributed by atoms with E-state index in [1.54, 1.807) is 48.5 Å². The summed E-state index contributed by atoms with van der Waals surface area (Å²) in [4.78, 5) is 41.2. The molecular formula is C26H30N4O3. The Kier molecular flexibility index (Phi) is 7.17. The zero-order valence-electron chi connectivity index (χ0n) is 19.0. The molecule has 0 bridgehead atoms. The van der Waals surface area contributed by atoms with Crippen LogP contribution < -0.4 is 10.9 Å². The van der Waals surface area contributed by atoms with Gasteiger partial charge in [0.25, 0.3) is 17.4 Å². The van der Waals surface area contributed by atoms with Gasteiger partial charge in [-0.15, -0.1) is 0 Å². The first-order valence-corrected chi connectivity index (χ1v) is 11.8. The number of benzene rings is 2. The zero-order chi connectivity index (χ0) is 23.2. The maximum atomic E-state index is 13.4. The lowest BCUT2D eigenvalue weighted by Gasteiger charge is -2.27. The van der Waals surface area contributed by atoms with Crippen LogP contribution in [0.15, 0.2) is 53.3 Å². The molecule has 7 heteroatoms. The Morgan fingerprint density at radius 2 is 1.64 bits per heavy atom. The summed E-state index contributed by atoms with van der Waals surface area (Å²) in [6.07, 6.45) is 5.95. The summed E-state index contributed by atoms with van der Waals surface area (Å²) in [6, 6.07) is 14.1. The molecule has 0 atom stereocenters.